The van der Waals surface area contributed by atoms with Gasteiger partial charge in [0.25, 0.3) is 0 Å². The summed E-state index contributed by atoms with van der Waals surface area (Å²) in [6.45, 7) is 5.75. The average molecular weight is 430 g/mol. The van der Waals surface area contributed by atoms with Gasteiger partial charge in [0.1, 0.15) is 5.01 Å². The molecule has 0 radical (unpaired) electrons. The van der Waals surface area contributed by atoms with Crippen LogP contribution in [0.15, 0.2) is 35.5 Å². The van der Waals surface area contributed by atoms with Crippen molar-refractivity contribution in [3.8, 4) is 0 Å². The number of rotatable bonds is 4. The van der Waals surface area contributed by atoms with E-state index in [2.05, 4.69) is 65.4 Å². The van der Waals surface area contributed by atoms with E-state index in [4.69, 9.17) is 0 Å². The van der Waals surface area contributed by atoms with Gasteiger partial charge in [0.2, 0.25) is 0 Å². The highest BCUT2D eigenvalue weighted by atomic mass is 127. The normalized spacial score (nSPS) is 11.0. The minimum absolute atomic E-state index is 0. The van der Waals surface area contributed by atoms with Crippen molar-refractivity contribution >= 4 is 41.3 Å². The van der Waals surface area contributed by atoms with E-state index in [0.717, 1.165) is 17.5 Å². The first-order valence-corrected chi connectivity index (χ1v) is 7.79. The van der Waals surface area contributed by atoms with Gasteiger partial charge in [-0.3, -0.25) is 4.99 Å². The molecule has 0 spiro atoms. The number of nitrogens with zero attached hydrogens (tertiary/aromatic N) is 3. The molecule has 0 atom stereocenters. The first kappa shape index (κ1) is 18.9. The Morgan fingerprint density at radius 2 is 2.05 bits per heavy atom. The molecule has 4 nitrogen and oxygen atoms in total. The van der Waals surface area contributed by atoms with Crippen molar-refractivity contribution in [2.45, 2.75) is 26.9 Å². The molecule has 0 saturated carbocycles. The van der Waals surface area contributed by atoms with Crippen molar-refractivity contribution in [1.82, 2.24) is 15.2 Å². The average Bonchev–Trinajstić information content (AvgIpc) is 2.88. The maximum absolute atomic E-state index is 4.36. The maximum Gasteiger partial charge on any atom is 0.194 e. The van der Waals surface area contributed by atoms with Crippen LogP contribution in [0.25, 0.3) is 0 Å². The molecule has 0 saturated heterocycles. The number of hydrogen-bond acceptors (Lipinski definition) is 3. The van der Waals surface area contributed by atoms with E-state index in [0.29, 0.717) is 6.54 Å². The molecule has 0 bridgehead atoms. The molecule has 0 aliphatic carbocycles. The van der Waals surface area contributed by atoms with Crippen LogP contribution in [-0.4, -0.2) is 29.9 Å². The molecule has 1 N–H and O–H groups in total. The molecular formula is C16H23IN4S. The number of benzene rings is 1. The van der Waals surface area contributed by atoms with Gasteiger partial charge in [0.05, 0.1) is 6.54 Å². The first-order valence-electron chi connectivity index (χ1n) is 6.97. The van der Waals surface area contributed by atoms with Gasteiger partial charge < -0.3 is 10.2 Å². The maximum atomic E-state index is 4.36. The Balaban J connectivity index is 0.00000242. The predicted molar refractivity (Wildman–Crippen MR) is 105 cm³/mol. The molecule has 22 heavy (non-hydrogen) atoms. The number of aromatic nitrogens is 1. The molecule has 0 fully saturated rings. The highest BCUT2D eigenvalue weighted by Crippen LogP contribution is 2.12. The summed E-state index contributed by atoms with van der Waals surface area (Å²) in [4.78, 5) is 12.1. The second-order valence-electron chi connectivity index (χ2n) is 5.05. The molecule has 120 valence electrons. The lowest BCUT2D eigenvalue weighted by Crippen LogP contribution is -2.38. The van der Waals surface area contributed by atoms with Gasteiger partial charge in [-0.1, -0.05) is 24.3 Å². The van der Waals surface area contributed by atoms with Crippen LogP contribution >= 0.6 is 35.3 Å². The van der Waals surface area contributed by atoms with E-state index in [-0.39, 0.29) is 24.0 Å². The Bertz CT molecular complexity index is 624. The molecule has 2 rings (SSSR count). The van der Waals surface area contributed by atoms with Crippen LogP contribution < -0.4 is 5.32 Å². The van der Waals surface area contributed by atoms with E-state index in [9.17, 15) is 0 Å². The zero-order valence-electron chi connectivity index (χ0n) is 13.5. The molecule has 1 heterocycles. The Hall–Kier alpha value is -1.15. The van der Waals surface area contributed by atoms with Gasteiger partial charge in [-0.05, 0) is 25.0 Å². The number of guanidine groups is 1. The first-order chi connectivity index (χ1) is 10.1. The van der Waals surface area contributed by atoms with Crippen molar-refractivity contribution in [1.29, 1.82) is 0 Å². The van der Waals surface area contributed by atoms with Gasteiger partial charge in [0, 0.05) is 31.7 Å². The fraction of sp³-hybridized carbons (Fsp3) is 0.375. The molecule has 1 aromatic heterocycles. The number of aryl methyl sites for hydroxylation is 2. The fourth-order valence-corrected chi connectivity index (χ4v) is 2.87. The third kappa shape index (κ3) is 5.24. The summed E-state index contributed by atoms with van der Waals surface area (Å²) in [5, 5.41) is 4.44. The number of aliphatic imine (C=N–C) groups is 1. The van der Waals surface area contributed by atoms with Crippen LogP contribution in [0.4, 0.5) is 0 Å². The van der Waals surface area contributed by atoms with Crippen LogP contribution in [-0.2, 0) is 13.1 Å². The third-order valence-electron chi connectivity index (χ3n) is 3.31. The zero-order chi connectivity index (χ0) is 15.2. The van der Waals surface area contributed by atoms with Gasteiger partial charge in [0.15, 0.2) is 5.96 Å². The van der Waals surface area contributed by atoms with Crippen LogP contribution in [0.3, 0.4) is 0 Å². The minimum atomic E-state index is 0. The molecule has 0 aliphatic rings. The van der Waals surface area contributed by atoms with Gasteiger partial charge >= 0.3 is 0 Å². The Labute approximate surface area is 153 Å². The summed E-state index contributed by atoms with van der Waals surface area (Å²) in [5.74, 6) is 0.881. The molecule has 6 heteroatoms. The molecule has 0 unspecified atom stereocenters. The Morgan fingerprint density at radius 1 is 1.32 bits per heavy atom. The minimum Gasteiger partial charge on any atom is -0.350 e. The Morgan fingerprint density at radius 3 is 2.64 bits per heavy atom. The van der Waals surface area contributed by atoms with E-state index in [1.807, 2.05) is 13.2 Å². The van der Waals surface area contributed by atoms with Crippen molar-refractivity contribution in [3.05, 3.63) is 51.5 Å². The van der Waals surface area contributed by atoms with Crippen LogP contribution in [0.1, 0.15) is 21.0 Å². The summed E-state index contributed by atoms with van der Waals surface area (Å²) in [6, 6.07) is 8.43. The zero-order valence-corrected chi connectivity index (χ0v) is 16.6. The van der Waals surface area contributed by atoms with Gasteiger partial charge in [-0.2, -0.15) is 0 Å². The highest BCUT2D eigenvalue weighted by Gasteiger charge is 2.08. The second kappa shape index (κ2) is 9.09. The molecule has 0 amide bonds. The monoisotopic (exact) mass is 430 g/mol. The molecular weight excluding hydrogens is 407 g/mol. The lowest BCUT2D eigenvalue weighted by molar-refractivity contribution is 0.475. The fourth-order valence-electron chi connectivity index (χ4n) is 2.14. The van der Waals surface area contributed by atoms with E-state index < -0.39 is 0 Å². The summed E-state index contributed by atoms with van der Waals surface area (Å²) in [7, 11) is 3.86. The smallest absolute Gasteiger partial charge is 0.194 e. The Kier molecular flexibility index (Phi) is 7.81. The second-order valence-corrected chi connectivity index (χ2v) is 6.37. The third-order valence-corrected chi connectivity index (χ3v) is 4.22. The summed E-state index contributed by atoms with van der Waals surface area (Å²) < 4.78 is 0. The molecule has 2 aromatic rings. The number of nitrogens with one attached hydrogen (secondary N) is 1. The van der Waals surface area contributed by atoms with E-state index in [1.54, 1.807) is 11.3 Å². The standard InChI is InChI=1S/C16H22N4S.HI/c1-12-7-5-6-8-14(12)11-20(4)16(17-3)19-10-15-18-9-13(2)21-15;/h5-9H,10-11H2,1-4H3,(H,17,19);1H. The van der Waals surface area contributed by atoms with Gasteiger partial charge in [-0.25, -0.2) is 4.98 Å². The number of halogens is 1. The van der Waals surface area contributed by atoms with Gasteiger partial charge in [-0.15, -0.1) is 35.3 Å². The summed E-state index contributed by atoms with van der Waals surface area (Å²) >= 11 is 1.71. The topological polar surface area (TPSA) is 40.5 Å². The summed E-state index contributed by atoms with van der Waals surface area (Å²) in [5.41, 5.74) is 2.61. The van der Waals surface area contributed by atoms with Crippen LogP contribution in [0, 0.1) is 13.8 Å². The number of thiazole rings is 1. The largest absolute Gasteiger partial charge is 0.350 e. The lowest BCUT2D eigenvalue weighted by atomic mass is 10.1. The van der Waals surface area contributed by atoms with Crippen LogP contribution in [0.2, 0.25) is 0 Å². The molecule has 0 aliphatic heterocycles. The van der Waals surface area contributed by atoms with E-state index >= 15 is 0 Å². The van der Waals surface area contributed by atoms with Crippen molar-refractivity contribution in [2.24, 2.45) is 4.99 Å². The highest BCUT2D eigenvalue weighted by molar-refractivity contribution is 14.0. The predicted octanol–water partition coefficient (Wildman–Crippen LogP) is 3.59. The molecule has 1 aromatic carbocycles. The SMILES string of the molecule is CN=C(NCc1ncc(C)s1)N(C)Cc1ccccc1C.I. The van der Waals surface area contributed by atoms with Crippen molar-refractivity contribution in [2.75, 3.05) is 14.1 Å². The van der Waals surface area contributed by atoms with Crippen molar-refractivity contribution < 1.29 is 0 Å². The number of hydrogen-bond donors (Lipinski definition) is 1. The van der Waals surface area contributed by atoms with Crippen LogP contribution in [0.5, 0.6) is 0 Å². The summed E-state index contributed by atoms with van der Waals surface area (Å²) in [6.07, 6.45) is 1.90. The quantitative estimate of drug-likeness (QED) is 0.458. The van der Waals surface area contributed by atoms with E-state index in [1.165, 1.54) is 16.0 Å². The lowest BCUT2D eigenvalue weighted by Gasteiger charge is -2.22. The van der Waals surface area contributed by atoms with Crippen molar-refractivity contribution in [3.63, 3.8) is 0 Å².